The van der Waals surface area contributed by atoms with Crippen LogP contribution in [-0.2, 0) is 19.4 Å². The minimum Gasteiger partial charge on any atom is -0.336 e. The topological polar surface area (TPSA) is 71.5 Å². The van der Waals surface area contributed by atoms with E-state index in [0.717, 1.165) is 6.26 Å². The summed E-state index contributed by atoms with van der Waals surface area (Å²) < 4.78 is 21.6. The normalized spacial score (nSPS) is 17.9. The zero-order valence-electron chi connectivity index (χ0n) is 8.02. The lowest BCUT2D eigenvalue weighted by Gasteiger charge is -2.13. The van der Waals surface area contributed by atoms with Crippen LogP contribution in [0.15, 0.2) is 0 Å². The maximum Gasteiger partial charge on any atom is 0.290 e. The van der Waals surface area contributed by atoms with Gasteiger partial charge in [0, 0.05) is 25.8 Å². The fourth-order valence-corrected chi connectivity index (χ4v) is 2.01. The summed E-state index contributed by atoms with van der Waals surface area (Å²) >= 11 is 0. The number of carbonyl (C=O) groups excluding carboxylic acids is 2. The molecule has 0 saturated carbocycles. The Hall–Kier alpha value is -0.910. The fraction of sp³-hybridized carbons (Fsp3) is 0.750. The molecule has 0 N–H and O–H groups in total. The third-order valence-electron chi connectivity index (χ3n) is 2.08. The molecule has 6 heteroatoms. The van der Waals surface area contributed by atoms with Gasteiger partial charge in [-0.3, -0.25) is 9.59 Å². The van der Waals surface area contributed by atoms with Gasteiger partial charge in [-0.15, -0.1) is 0 Å². The van der Waals surface area contributed by atoms with Crippen LogP contribution >= 0.6 is 0 Å². The highest BCUT2D eigenvalue weighted by molar-refractivity contribution is 7.90. The molecule has 1 rings (SSSR count). The zero-order chi connectivity index (χ0) is 10.8. The van der Waals surface area contributed by atoms with Gasteiger partial charge in [0.05, 0.1) is 5.75 Å². The molecule has 80 valence electrons. The van der Waals surface area contributed by atoms with Gasteiger partial charge in [-0.05, 0) is 6.42 Å². The van der Waals surface area contributed by atoms with Crippen LogP contribution in [0, 0.1) is 0 Å². The summed E-state index contributed by atoms with van der Waals surface area (Å²) in [5, 5.41) is 0. The molecule has 1 aliphatic rings. The van der Waals surface area contributed by atoms with Crippen molar-refractivity contribution in [3.05, 3.63) is 0 Å². The lowest BCUT2D eigenvalue weighted by Crippen LogP contribution is -2.29. The number of nitrogens with zero attached hydrogens (tertiary/aromatic N) is 1. The van der Waals surface area contributed by atoms with Crippen molar-refractivity contribution < 1.29 is 18.0 Å². The Balaban J connectivity index is 2.33. The van der Waals surface area contributed by atoms with E-state index in [2.05, 4.69) is 0 Å². The molecule has 1 fully saturated rings. The molecule has 1 amide bonds. The molecule has 0 aliphatic carbocycles. The lowest BCUT2D eigenvalue weighted by molar-refractivity contribution is -0.139. The first-order valence-electron chi connectivity index (χ1n) is 4.40. The van der Waals surface area contributed by atoms with Crippen LogP contribution in [0.5, 0.6) is 0 Å². The number of ketones is 1. The maximum atomic E-state index is 11.1. The summed E-state index contributed by atoms with van der Waals surface area (Å²) in [7, 11) is -2.97. The lowest BCUT2D eigenvalue weighted by atomic mass is 10.3. The van der Waals surface area contributed by atoms with E-state index >= 15 is 0 Å². The Morgan fingerprint density at radius 2 is 2.00 bits per heavy atom. The molecule has 0 bridgehead atoms. The van der Waals surface area contributed by atoms with Crippen molar-refractivity contribution in [2.75, 3.05) is 25.1 Å². The first-order chi connectivity index (χ1) is 6.40. The van der Waals surface area contributed by atoms with Crippen molar-refractivity contribution in [1.82, 2.24) is 4.90 Å². The average molecular weight is 219 g/mol. The second-order valence-corrected chi connectivity index (χ2v) is 5.71. The second kappa shape index (κ2) is 4.08. The fourth-order valence-electron chi connectivity index (χ4n) is 1.35. The van der Waals surface area contributed by atoms with Gasteiger partial charge < -0.3 is 4.90 Å². The third-order valence-corrected chi connectivity index (χ3v) is 3.11. The molecule has 1 saturated heterocycles. The van der Waals surface area contributed by atoms with E-state index in [1.54, 1.807) is 0 Å². The van der Waals surface area contributed by atoms with Gasteiger partial charge in [-0.25, -0.2) is 8.42 Å². The van der Waals surface area contributed by atoms with Crippen LogP contribution in [0.2, 0.25) is 0 Å². The van der Waals surface area contributed by atoms with E-state index in [9.17, 15) is 18.0 Å². The molecule has 1 aliphatic heterocycles. The van der Waals surface area contributed by atoms with Crippen molar-refractivity contribution in [2.24, 2.45) is 0 Å². The van der Waals surface area contributed by atoms with E-state index in [0.29, 0.717) is 19.5 Å². The van der Waals surface area contributed by atoms with E-state index in [1.165, 1.54) is 4.90 Å². The molecule has 0 aromatic heterocycles. The highest BCUT2D eigenvalue weighted by atomic mass is 32.2. The van der Waals surface area contributed by atoms with Crippen LogP contribution in [0.4, 0.5) is 0 Å². The third kappa shape index (κ3) is 3.10. The highest BCUT2D eigenvalue weighted by Gasteiger charge is 2.28. The molecule has 14 heavy (non-hydrogen) atoms. The first kappa shape index (κ1) is 11.2. The summed E-state index contributed by atoms with van der Waals surface area (Å²) in [6.45, 7) is 0.791. The van der Waals surface area contributed by atoms with Crippen LogP contribution < -0.4 is 0 Å². The minimum atomic E-state index is -2.97. The maximum absolute atomic E-state index is 11.1. The summed E-state index contributed by atoms with van der Waals surface area (Å²) in [6, 6.07) is 0. The van der Waals surface area contributed by atoms with Gasteiger partial charge in [0.1, 0.15) is 9.84 Å². The van der Waals surface area contributed by atoms with Crippen LogP contribution in [-0.4, -0.2) is 50.1 Å². The quantitative estimate of drug-likeness (QED) is 0.582. The molecular weight excluding hydrogens is 206 g/mol. The number of Topliss-reactive ketones (excluding diaryl/α,β-unsaturated/α-hetero) is 1. The highest BCUT2D eigenvalue weighted by Crippen LogP contribution is 2.06. The number of likely N-dealkylation sites (tertiary alicyclic amines) is 1. The van der Waals surface area contributed by atoms with Crippen LogP contribution in [0.25, 0.3) is 0 Å². The van der Waals surface area contributed by atoms with Gasteiger partial charge in [0.15, 0.2) is 0 Å². The summed E-state index contributed by atoms with van der Waals surface area (Å²) in [5.74, 6) is -0.784. The number of hydrogen-bond acceptors (Lipinski definition) is 4. The summed E-state index contributed by atoms with van der Waals surface area (Å²) in [5.41, 5.74) is 0. The monoisotopic (exact) mass is 219 g/mol. The SMILES string of the molecule is CS(=O)(=O)CCCN1CCC(=O)C1=O. The predicted octanol–water partition coefficient (Wildman–Crippen LogP) is -0.777. The van der Waals surface area contributed by atoms with E-state index in [4.69, 9.17) is 0 Å². The Bertz CT molecular complexity index is 346. The summed E-state index contributed by atoms with van der Waals surface area (Å²) in [4.78, 5) is 23.3. The van der Waals surface area contributed by atoms with E-state index < -0.39 is 15.7 Å². The number of hydrogen-bond donors (Lipinski definition) is 0. The molecule has 0 atom stereocenters. The molecule has 0 radical (unpaired) electrons. The Kier molecular flexibility index (Phi) is 3.25. The smallest absolute Gasteiger partial charge is 0.290 e. The second-order valence-electron chi connectivity index (χ2n) is 3.45. The van der Waals surface area contributed by atoms with Gasteiger partial charge in [-0.2, -0.15) is 0 Å². The van der Waals surface area contributed by atoms with Gasteiger partial charge in [0.2, 0.25) is 5.78 Å². The molecular formula is C8H13NO4S. The Morgan fingerprint density at radius 3 is 2.43 bits per heavy atom. The molecule has 0 spiro atoms. The number of sulfone groups is 1. The number of rotatable bonds is 4. The molecule has 0 unspecified atom stereocenters. The number of carbonyl (C=O) groups is 2. The Morgan fingerprint density at radius 1 is 1.36 bits per heavy atom. The molecule has 1 heterocycles. The predicted molar refractivity (Wildman–Crippen MR) is 50.5 cm³/mol. The van der Waals surface area contributed by atoms with Gasteiger partial charge in [-0.1, -0.05) is 0 Å². The van der Waals surface area contributed by atoms with Crippen LogP contribution in [0.3, 0.4) is 0 Å². The van der Waals surface area contributed by atoms with Gasteiger partial charge in [0.25, 0.3) is 5.91 Å². The summed E-state index contributed by atoms with van der Waals surface area (Å²) in [6.07, 6.45) is 1.82. The van der Waals surface area contributed by atoms with Crippen molar-refractivity contribution in [2.45, 2.75) is 12.8 Å². The van der Waals surface area contributed by atoms with Crippen molar-refractivity contribution >= 4 is 21.5 Å². The van der Waals surface area contributed by atoms with Crippen molar-refractivity contribution in [3.8, 4) is 0 Å². The minimum absolute atomic E-state index is 0.0605. The van der Waals surface area contributed by atoms with Crippen molar-refractivity contribution in [1.29, 1.82) is 0 Å². The van der Waals surface area contributed by atoms with Gasteiger partial charge >= 0.3 is 0 Å². The zero-order valence-corrected chi connectivity index (χ0v) is 8.84. The largest absolute Gasteiger partial charge is 0.336 e. The molecule has 0 aromatic rings. The molecule has 5 nitrogen and oxygen atoms in total. The Labute approximate surface area is 83.0 Å². The number of amides is 1. The standard InChI is InChI=1S/C8H13NO4S/c1-14(12,13)6-2-4-9-5-3-7(10)8(9)11/h2-6H2,1H3. The molecule has 0 aromatic carbocycles. The van der Waals surface area contributed by atoms with E-state index in [-0.39, 0.29) is 18.0 Å². The first-order valence-corrected chi connectivity index (χ1v) is 6.46. The van der Waals surface area contributed by atoms with Crippen molar-refractivity contribution in [3.63, 3.8) is 0 Å². The van der Waals surface area contributed by atoms with Crippen LogP contribution in [0.1, 0.15) is 12.8 Å². The average Bonchev–Trinajstić information content (AvgIpc) is 2.33. The van der Waals surface area contributed by atoms with E-state index in [1.807, 2.05) is 0 Å².